The number of pyridine rings is 2. The lowest BCUT2D eigenvalue weighted by Crippen LogP contribution is -2.54. The number of aromatic nitrogens is 2. The van der Waals surface area contributed by atoms with Crippen LogP contribution in [0.1, 0.15) is 43.3 Å². The van der Waals surface area contributed by atoms with Gasteiger partial charge < -0.3 is 4.55 Å². The third-order valence-corrected chi connectivity index (χ3v) is 6.75. The van der Waals surface area contributed by atoms with Gasteiger partial charge >= 0.3 is 6.18 Å². The van der Waals surface area contributed by atoms with Crippen molar-refractivity contribution in [2.75, 3.05) is 0 Å². The van der Waals surface area contributed by atoms with Gasteiger partial charge in [0.25, 0.3) is 0 Å². The molecular formula is C23H22ClF4N3OS. The van der Waals surface area contributed by atoms with Crippen LogP contribution in [-0.2, 0) is 29.5 Å². The first-order chi connectivity index (χ1) is 15.3. The zero-order valence-corrected chi connectivity index (χ0v) is 19.7. The third-order valence-electron chi connectivity index (χ3n) is 4.88. The number of halogens is 5. The van der Waals surface area contributed by atoms with Gasteiger partial charge in [0.2, 0.25) is 0 Å². The Labute approximate surface area is 197 Å². The Morgan fingerprint density at radius 3 is 2.24 bits per heavy atom. The minimum atomic E-state index is -4.79. The molecule has 33 heavy (non-hydrogen) atoms. The molecule has 3 aromatic rings. The largest absolute Gasteiger partial charge is 0.598 e. The molecule has 0 aliphatic rings. The molecule has 176 valence electrons. The van der Waals surface area contributed by atoms with E-state index >= 15 is 0 Å². The Bertz CT molecular complexity index is 1090. The van der Waals surface area contributed by atoms with Crippen molar-refractivity contribution in [3.05, 3.63) is 94.3 Å². The van der Waals surface area contributed by atoms with E-state index in [0.29, 0.717) is 16.8 Å². The van der Waals surface area contributed by atoms with Crippen molar-refractivity contribution in [3.63, 3.8) is 0 Å². The number of benzene rings is 1. The van der Waals surface area contributed by atoms with E-state index in [9.17, 15) is 22.1 Å². The van der Waals surface area contributed by atoms with E-state index in [1.807, 2.05) is 0 Å². The summed E-state index contributed by atoms with van der Waals surface area (Å²) in [5, 5.41) is 0.303. The predicted molar refractivity (Wildman–Crippen MR) is 120 cm³/mol. The minimum Gasteiger partial charge on any atom is -0.598 e. The third kappa shape index (κ3) is 6.03. The van der Waals surface area contributed by atoms with Gasteiger partial charge in [-0.15, -0.1) is 4.72 Å². The Kier molecular flexibility index (Phi) is 7.38. The van der Waals surface area contributed by atoms with E-state index in [4.69, 9.17) is 11.6 Å². The van der Waals surface area contributed by atoms with Crippen LogP contribution in [0.25, 0.3) is 0 Å². The van der Waals surface area contributed by atoms with Crippen LogP contribution in [0, 0.1) is 5.82 Å². The summed E-state index contributed by atoms with van der Waals surface area (Å²) >= 11 is 4.22. The van der Waals surface area contributed by atoms with Crippen LogP contribution in [-0.4, -0.2) is 19.3 Å². The van der Waals surface area contributed by atoms with E-state index in [-0.39, 0.29) is 17.7 Å². The van der Waals surface area contributed by atoms with E-state index in [1.54, 1.807) is 39.0 Å². The van der Waals surface area contributed by atoms with Crippen molar-refractivity contribution >= 4 is 23.0 Å². The molecule has 1 N–H and O–H groups in total. The first-order valence-electron chi connectivity index (χ1n) is 9.91. The molecule has 0 amide bonds. The van der Waals surface area contributed by atoms with Gasteiger partial charge in [-0.25, -0.2) is 4.39 Å². The molecule has 0 fully saturated rings. The van der Waals surface area contributed by atoms with Crippen molar-refractivity contribution in [2.24, 2.45) is 0 Å². The molecule has 1 unspecified atom stereocenters. The van der Waals surface area contributed by atoms with Crippen LogP contribution >= 0.6 is 11.6 Å². The molecular weight excluding hydrogens is 478 g/mol. The quantitative estimate of drug-likeness (QED) is 0.342. The molecule has 3 rings (SSSR count). The van der Waals surface area contributed by atoms with Gasteiger partial charge in [0, 0.05) is 35.9 Å². The van der Waals surface area contributed by atoms with E-state index in [1.165, 1.54) is 24.5 Å². The first kappa shape index (κ1) is 25.4. The summed E-state index contributed by atoms with van der Waals surface area (Å²) in [6, 6.07) is 10.4. The molecule has 0 saturated heterocycles. The molecule has 0 saturated carbocycles. The number of nitrogens with zero attached hydrogens (tertiary/aromatic N) is 2. The molecule has 0 aliphatic heterocycles. The Hall–Kier alpha value is -2.20. The average Bonchev–Trinajstić information content (AvgIpc) is 2.72. The van der Waals surface area contributed by atoms with E-state index in [0.717, 1.165) is 12.1 Å². The van der Waals surface area contributed by atoms with Gasteiger partial charge in [0.15, 0.2) is 0 Å². The van der Waals surface area contributed by atoms with E-state index in [2.05, 4.69) is 14.7 Å². The van der Waals surface area contributed by atoms with Crippen LogP contribution in [0.3, 0.4) is 0 Å². The Balaban J connectivity index is 2.33. The number of nitrogens with one attached hydrogen (secondary N) is 1. The number of rotatable bonds is 6. The fourth-order valence-corrected chi connectivity index (χ4v) is 4.23. The van der Waals surface area contributed by atoms with Crippen LogP contribution < -0.4 is 4.72 Å². The molecule has 1 aromatic carbocycles. The standard InChI is InChI=1S/C23H22ClF4N3OS/c1-21(2,3)33(32)31-22(13-19-6-4-5-9-29-19,20-8-7-17(24)14-30-20)15-10-16(23(26,27)28)12-18(25)11-15/h4-12,14,31H,13H2,1-3H3/t22-,33?/m0/s1. The molecule has 10 heteroatoms. The summed E-state index contributed by atoms with van der Waals surface area (Å²) < 4.78 is 70.7. The zero-order valence-electron chi connectivity index (χ0n) is 18.1. The predicted octanol–water partition coefficient (Wildman–Crippen LogP) is 5.83. The highest BCUT2D eigenvalue weighted by atomic mass is 35.5. The van der Waals surface area contributed by atoms with Crippen LogP contribution in [0.5, 0.6) is 0 Å². The van der Waals surface area contributed by atoms with Crippen molar-refractivity contribution in [3.8, 4) is 0 Å². The van der Waals surface area contributed by atoms with Crippen molar-refractivity contribution < 1.29 is 22.1 Å². The highest BCUT2D eigenvalue weighted by molar-refractivity contribution is 7.90. The van der Waals surface area contributed by atoms with Gasteiger partial charge in [-0.1, -0.05) is 17.7 Å². The molecule has 4 nitrogen and oxygen atoms in total. The summed E-state index contributed by atoms with van der Waals surface area (Å²) in [7, 11) is 0. The lowest BCUT2D eigenvalue weighted by Gasteiger charge is -2.37. The Morgan fingerprint density at radius 1 is 1.00 bits per heavy atom. The molecule has 0 bridgehead atoms. The minimum absolute atomic E-state index is 0.0506. The van der Waals surface area contributed by atoms with Crippen LogP contribution in [0.15, 0.2) is 60.9 Å². The van der Waals surface area contributed by atoms with Crippen molar-refractivity contribution in [1.82, 2.24) is 14.7 Å². The monoisotopic (exact) mass is 499 g/mol. The normalized spacial score (nSPS) is 15.2. The molecule has 0 aliphatic carbocycles. The van der Waals surface area contributed by atoms with Gasteiger partial charge in [0.05, 0.1) is 16.3 Å². The number of hydrogen-bond acceptors (Lipinski definition) is 4. The number of alkyl halides is 3. The fourth-order valence-electron chi connectivity index (χ4n) is 3.20. The summed E-state index contributed by atoms with van der Waals surface area (Å²) in [6.07, 6.45) is -1.98. The second kappa shape index (κ2) is 9.58. The topological polar surface area (TPSA) is 60.9 Å². The summed E-state index contributed by atoms with van der Waals surface area (Å²) in [5.74, 6) is -1.08. The van der Waals surface area contributed by atoms with Gasteiger partial charge in [-0.2, -0.15) is 13.2 Å². The van der Waals surface area contributed by atoms with Crippen molar-refractivity contribution in [1.29, 1.82) is 0 Å². The second-order valence-electron chi connectivity index (χ2n) is 8.47. The highest BCUT2D eigenvalue weighted by Gasteiger charge is 2.45. The molecule has 0 radical (unpaired) electrons. The molecule has 2 heterocycles. The van der Waals surface area contributed by atoms with E-state index < -0.39 is 39.2 Å². The maximum absolute atomic E-state index is 14.5. The Morgan fingerprint density at radius 2 is 1.70 bits per heavy atom. The summed E-state index contributed by atoms with van der Waals surface area (Å²) in [4.78, 5) is 8.61. The lowest BCUT2D eigenvalue weighted by molar-refractivity contribution is -0.137. The summed E-state index contributed by atoms with van der Waals surface area (Å²) in [5.41, 5.74) is -2.17. The fraction of sp³-hybridized carbons (Fsp3) is 0.304. The van der Waals surface area contributed by atoms with Gasteiger partial charge in [-0.05, 0) is 68.8 Å². The summed E-state index contributed by atoms with van der Waals surface area (Å²) in [6.45, 7) is 5.14. The number of hydrogen-bond donors (Lipinski definition) is 1. The maximum Gasteiger partial charge on any atom is 0.416 e. The smallest absolute Gasteiger partial charge is 0.416 e. The molecule has 2 aromatic heterocycles. The van der Waals surface area contributed by atoms with Gasteiger partial charge in [0.1, 0.15) is 16.1 Å². The highest BCUT2D eigenvalue weighted by Crippen LogP contribution is 2.39. The maximum atomic E-state index is 14.5. The average molecular weight is 500 g/mol. The first-order valence-corrected chi connectivity index (χ1v) is 11.4. The van der Waals surface area contributed by atoms with Crippen LogP contribution in [0.4, 0.5) is 17.6 Å². The molecule has 2 atom stereocenters. The molecule has 0 spiro atoms. The van der Waals surface area contributed by atoms with Gasteiger partial charge in [-0.3, -0.25) is 9.97 Å². The lowest BCUT2D eigenvalue weighted by atomic mass is 9.82. The van der Waals surface area contributed by atoms with Crippen LogP contribution in [0.2, 0.25) is 5.02 Å². The second-order valence-corrected chi connectivity index (χ2v) is 10.9. The van der Waals surface area contributed by atoms with Crippen molar-refractivity contribution in [2.45, 2.75) is 43.7 Å². The zero-order chi connectivity index (χ0) is 24.4. The SMILES string of the molecule is CC(C)(C)[S+]([O-])N[C@@](Cc1ccccn1)(c1cc(F)cc(C(F)(F)F)c1)c1ccc(Cl)cn1.